The number of hydrogen-bond donors (Lipinski definition) is 2. The summed E-state index contributed by atoms with van der Waals surface area (Å²) in [6.07, 6.45) is -2.57. The molecule has 1 rings (SSSR count). The molecule has 0 aromatic heterocycles. The zero-order chi connectivity index (χ0) is 12.1. The molecule has 0 aliphatic rings. The smallest absolute Gasteiger partial charge is 0.272 e. The maximum Gasteiger partial charge on any atom is 0.272 e. The molecule has 0 heterocycles. The van der Waals surface area contributed by atoms with Crippen LogP contribution in [0.4, 0.5) is 8.78 Å². The molecule has 0 atom stereocenters. The molecule has 0 radical (unpaired) electrons. The van der Waals surface area contributed by atoms with Gasteiger partial charge in [0.15, 0.2) is 5.84 Å². The highest BCUT2D eigenvalue weighted by molar-refractivity contribution is 6.32. The second-order valence-corrected chi connectivity index (χ2v) is 3.24. The van der Waals surface area contributed by atoms with Crippen molar-refractivity contribution in [2.24, 2.45) is 10.9 Å². The quantitative estimate of drug-likeness (QED) is 0.372. The van der Waals surface area contributed by atoms with Gasteiger partial charge in [0.1, 0.15) is 12.4 Å². The van der Waals surface area contributed by atoms with Gasteiger partial charge >= 0.3 is 0 Å². The van der Waals surface area contributed by atoms with Crippen molar-refractivity contribution in [2.45, 2.75) is 6.43 Å². The fraction of sp³-hybridized carbons (Fsp3) is 0.222. The first-order chi connectivity index (χ1) is 7.54. The van der Waals surface area contributed by atoms with Crippen LogP contribution in [-0.4, -0.2) is 24.1 Å². The van der Waals surface area contributed by atoms with Crippen LogP contribution in [0.3, 0.4) is 0 Å². The Morgan fingerprint density at radius 3 is 2.75 bits per heavy atom. The lowest BCUT2D eigenvalue weighted by Gasteiger charge is -2.08. The molecule has 16 heavy (non-hydrogen) atoms. The van der Waals surface area contributed by atoms with Crippen molar-refractivity contribution in [2.75, 3.05) is 6.61 Å². The lowest BCUT2D eigenvalue weighted by molar-refractivity contribution is 0.0819. The van der Waals surface area contributed by atoms with Gasteiger partial charge in [-0.3, -0.25) is 0 Å². The molecule has 0 bridgehead atoms. The molecule has 0 fully saturated rings. The fourth-order valence-corrected chi connectivity index (χ4v) is 1.22. The number of ether oxygens (including phenoxy) is 1. The summed E-state index contributed by atoms with van der Waals surface area (Å²) in [6, 6.07) is 4.18. The number of nitrogens with zero attached hydrogens (tertiary/aromatic N) is 1. The summed E-state index contributed by atoms with van der Waals surface area (Å²) in [6.45, 7) is -0.733. The Labute approximate surface area is 95.3 Å². The second kappa shape index (κ2) is 5.50. The maximum absolute atomic E-state index is 11.9. The Hall–Kier alpha value is -1.56. The van der Waals surface area contributed by atoms with Crippen LogP contribution < -0.4 is 10.5 Å². The van der Waals surface area contributed by atoms with Crippen LogP contribution in [0, 0.1) is 0 Å². The van der Waals surface area contributed by atoms with E-state index in [1.165, 1.54) is 18.2 Å². The van der Waals surface area contributed by atoms with Crippen LogP contribution in [0.15, 0.2) is 23.4 Å². The number of benzene rings is 1. The van der Waals surface area contributed by atoms with Gasteiger partial charge in [-0.15, -0.1) is 0 Å². The fourth-order valence-electron chi connectivity index (χ4n) is 0.988. The third-order valence-electron chi connectivity index (χ3n) is 1.70. The minimum Gasteiger partial charge on any atom is -0.486 e. The van der Waals surface area contributed by atoms with E-state index in [9.17, 15) is 8.78 Å². The summed E-state index contributed by atoms with van der Waals surface area (Å²) in [7, 11) is 0. The molecule has 88 valence electrons. The van der Waals surface area contributed by atoms with Crippen molar-refractivity contribution < 1.29 is 18.7 Å². The molecule has 1 aromatic rings. The number of alkyl halides is 2. The summed E-state index contributed by atoms with van der Waals surface area (Å²) >= 11 is 5.75. The number of oxime groups is 1. The molecule has 3 N–H and O–H groups in total. The van der Waals surface area contributed by atoms with E-state index in [2.05, 4.69) is 5.16 Å². The van der Waals surface area contributed by atoms with Crippen LogP contribution in [0.5, 0.6) is 5.75 Å². The molecule has 0 spiro atoms. The lowest BCUT2D eigenvalue weighted by Crippen LogP contribution is -2.13. The van der Waals surface area contributed by atoms with Crippen LogP contribution >= 0.6 is 11.6 Å². The molecule has 0 aliphatic heterocycles. The molecule has 0 unspecified atom stereocenters. The zero-order valence-electron chi connectivity index (χ0n) is 8.03. The van der Waals surface area contributed by atoms with Crippen LogP contribution in [-0.2, 0) is 0 Å². The molecule has 0 aliphatic carbocycles. The third kappa shape index (κ3) is 3.23. The lowest BCUT2D eigenvalue weighted by atomic mass is 10.2. The van der Waals surface area contributed by atoms with E-state index in [1.54, 1.807) is 0 Å². The normalized spacial score (nSPS) is 11.9. The van der Waals surface area contributed by atoms with Crippen molar-refractivity contribution >= 4 is 17.4 Å². The minimum absolute atomic E-state index is 0.116. The van der Waals surface area contributed by atoms with Crippen molar-refractivity contribution in [1.82, 2.24) is 0 Å². The summed E-state index contributed by atoms with van der Waals surface area (Å²) in [5.41, 5.74) is 5.69. The Morgan fingerprint density at radius 1 is 1.56 bits per heavy atom. The van der Waals surface area contributed by atoms with Gasteiger partial charge in [0.25, 0.3) is 6.43 Å². The zero-order valence-corrected chi connectivity index (χ0v) is 8.79. The van der Waals surface area contributed by atoms with Crippen molar-refractivity contribution in [3.8, 4) is 5.75 Å². The Kier molecular flexibility index (Phi) is 4.30. The van der Waals surface area contributed by atoms with E-state index in [1.807, 2.05) is 0 Å². The average molecular weight is 251 g/mol. The SMILES string of the molecule is N/C(=N/O)c1ccc(OCC(F)F)c(Cl)c1. The molecule has 0 saturated carbocycles. The third-order valence-corrected chi connectivity index (χ3v) is 2.00. The van der Waals surface area contributed by atoms with E-state index in [0.717, 1.165) is 0 Å². The van der Waals surface area contributed by atoms with Gasteiger partial charge in [-0.25, -0.2) is 8.78 Å². The van der Waals surface area contributed by atoms with Gasteiger partial charge in [0.05, 0.1) is 5.02 Å². The number of rotatable bonds is 4. The average Bonchev–Trinajstić information content (AvgIpc) is 2.26. The number of nitrogens with two attached hydrogens (primary N) is 1. The van der Waals surface area contributed by atoms with Gasteiger partial charge in [-0.1, -0.05) is 16.8 Å². The largest absolute Gasteiger partial charge is 0.486 e. The van der Waals surface area contributed by atoms with Crippen LogP contribution in [0.2, 0.25) is 5.02 Å². The molecule has 1 aromatic carbocycles. The minimum atomic E-state index is -2.57. The van der Waals surface area contributed by atoms with Crippen molar-refractivity contribution in [3.05, 3.63) is 28.8 Å². The highest BCUT2D eigenvalue weighted by Crippen LogP contribution is 2.25. The Balaban J connectivity index is 2.83. The first-order valence-corrected chi connectivity index (χ1v) is 4.60. The maximum atomic E-state index is 11.9. The van der Waals surface area contributed by atoms with Gasteiger partial charge < -0.3 is 15.7 Å². The second-order valence-electron chi connectivity index (χ2n) is 2.83. The number of halogens is 3. The Bertz CT molecular complexity index is 399. The molecule has 4 nitrogen and oxygen atoms in total. The summed E-state index contributed by atoms with van der Waals surface area (Å²) in [4.78, 5) is 0. The first-order valence-electron chi connectivity index (χ1n) is 4.23. The summed E-state index contributed by atoms with van der Waals surface area (Å²) < 4.78 is 28.5. The topological polar surface area (TPSA) is 67.8 Å². The predicted octanol–water partition coefficient (Wildman–Crippen LogP) is 2.08. The first kappa shape index (κ1) is 12.5. The van der Waals surface area contributed by atoms with E-state index in [0.29, 0.717) is 5.56 Å². The number of amidine groups is 1. The van der Waals surface area contributed by atoms with Gasteiger partial charge in [-0.2, -0.15) is 0 Å². The monoisotopic (exact) mass is 250 g/mol. The highest BCUT2D eigenvalue weighted by Gasteiger charge is 2.08. The van der Waals surface area contributed by atoms with Crippen molar-refractivity contribution in [3.63, 3.8) is 0 Å². The standard InChI is InChI=1S/C9H9ClF2N2O2/c10-6-3-5(9(13)14-15)1-2-7(6)16-4-8(11)12/h1-3,8,15H,4H2,(H2,13,14). The molecule has 0 saturated heterocycles. The van der Waals surface area contributed by atoms with Gasteiger partial charge in [0.2, 0.25) is 0 Å². The Morgan fingerprint density at radius 2 is 2.25 bits per heavy atom. The van der Waals surface area contributed by atoms with Gasteiger partial charge in [0, 0.05) is 5.56 Å². The highest BCUT2D eigenvalue weighted by atomic mass is 35.5. The summed E-state index contributed by atoms with van der Waals surface area (Å²) in [5.74, 6) is -0.00114. The van der Waals surface area contributed by atoms with E-state index < -0.39 is 13.0 Å². The predicted molar refractivity (Wildman–Crippen MR) is 55.5 cm³/mol. The van der Waals surface area contributed by atoms with E-state index in [-0.39, 0.29) is 16.6 Å². The molecular weight excluding hydrogens is 242 g/mol. The van der Waals surface area contributed by atoms with E-state index >= 15 is 0 Å². The summed E-state index contributed by atoms with van der Waals surface area (Å²) in [5, 5.41) is 11.3. The number of hydrogen-bond acceptors (Lipinski definition) is 3. The molecule has 7 heteroatoms. The molecule has 0 amide bonds. The molecular formula is C9H9ClF2N2O2. The van der Waals surface area contributed by atoms with E-state index in [4.69, 9.17) is 27.3 Å². The van der Waals surface area contributed by atoms with Crippen molar-refractivity contribution in [1.29, 1.82) is 0 Å². The van der Waals surface area contributed by atoms with Gasteiger partial charge in [-0.05, 0) is 18.2 Å². The van der Waals surface area contributed by atoms with Crippen LogP contribution in [0.25, 0.3) is 0 Å². The van der Waals surface area contributed by atoms with Crippen LogP contribution in [0.1, 0.15) is 5.56 Å².